The molecule has 0 aliphatic heterocycles. The smallest absolute Gasteiger partial charge is 0.128 e. The van der Waals surface area contributed by atoms with Crippen LogP contribution in [0.25, 0.3) is 0 Å². The summed E-state index contributed by atoms with van der Waals surface area (Å²) in [6.07, 6.45) is 1.01. The molecule has 2 nitrogen and oxygen atoms in total. The average molecular weight is 281 g/mol. The normalized spacial score (nSPS) is 13.6. The van der Waals surface area contributed by atoms with Crippen LogP contribution in [0.5, 0.6) is 0 Å². The van der Waals surface area contributed by atoms with E-state index in [2.05, 4.69) is 12.2 Å². The minimum Gasteiger partial charge on any atom is -0.374 e. The Kier molecular flexibility index (Phi) is 6.15. The fraction of sp³-hybridized carbons (Fsp3) is 0.647. The summed E-state index contributed by atoms with van der Waals surface area (Å²) in [6.45, 7) is 13.5. The van der Waals surface area contributed by atoms with Gasteiger partial charge in [-0.2, -0.15) is 0 Å². The van der Waals surface area contributed by atoms with E-state index >= 15 is 0 Å². The van der Waals surface area contributed by atoms with E-state index in [-0.39, 0.29) is 11.9 Å². The lowest BCUT2D eigenvalue weighted by Crippen LogP contribution is -2.42. The fourth-order valence-electron chi connectivity index (χ4n) is 2.73. The molecule has 0 aromatic heterocycles. The first-order valence-electron chi connectivity index (χ1n) is 7.47. The molecule has 3 heteroatoms. The molecule has 0 bridgehead atoms. The SMILES string of the molecule is CCCNC(c1c(C)cc(C)cc1F)C(C)(C)OCC. The average Bonchev–Trinajstić information content (AvgIpc) is 2.31. The molecule has 0 spiro atoms. The molecule has 0 amide bonds. The molecule has 20 heavy (non-hydrogen) atoms. The van der Waals surface area contributed by atoms with Crippen molar-refractivity contribution >= 4 is 0 Å². The number of rotatable bonds is 7. The highest BCUT2D eigenvalue weighted by Gasteiger charge is 2.33. The minimum atomic E-state index is -0.454. The summed E-state index contributed by atoms with van der Waals surface area (Å²) in [7, 11) is 0. The lowest BCUT2D eigenvalue weighted by molar-refractivity contribution is -0.0401. The maximum absolute atomic E-state index is 14.5. The summed E-state index contributed by atoms with van der Waals surface area (Å²) >= 11 is 0. The molecule has 0 radical (unpaired) electrons. The summed E-state index contributed by atoms with van der Waals surface area (Å²) in [5.74, 6) is -0.149. The van der Waals surface area contributed by atoms with Gasteiger partial charge in [-0.3, -0.25) is 0 Å². The molecule has 1 aromatic carbocycles. The number of ether oxygens (including phenoxy) is 1. The van der Waals surface area contributed by atoms with Crippen molar-refractivity contribution in [3.8, 4) is 0 Å². The quantitative estimate of drug-likeness (QED) is 0.804. The topological polar surface area (TPSA) is 21.3 Å². The standard InChI is InChI=1S/C17H28FNO/c1-7-9-19-16(17(5,6)20-8-2)15-13(4)10-12(3)11-14(15)18/h10-11,16,19H,7-9H2,1-6H3. The number of nitrogens with one attached hydrogen (secondary N) is 1. The number of halogens is 1. The zero-order valence-corrected chi connectivity index (χ0v) is 13.6. The van der Waals surface area contributed by atoms with Crippen LogP contribution in [-0.2, 0) is 4.74 Å². The van der Waals surface area contributed by atoms with Crippen LogP contribution in [0, 0.1) is 19.7 Å². The zero-order chi connectivity index (χ0) is 15.3. The molecule has 1 unspecified atom stereocenters. The van der Waals surface area contributed by atoms with E-state index in [0.29, 0.717) is 6.61 Å². The fourth-order valence-corrected chi connectivity index (χ4v) is 2.73. The van der Waals surface area contributed by atoms with Crippen molar-refractivity contribution < 1.29 is 9.13 Å². The summed E-state index contributed by atoms with van der Waals surface area (Å²) < 4.78 is 20.3. The number of benzene rings is 1. The second-order valence-electron chi connectivity index (χ2n) is 5.90. The van der Waals surface area contributed by atoms with E-state index in [0.717, 1.165) is 29.7 Å². The van der Waals surface area contributed by atoms with Crippen LogP contribution in [-0.4, -0.2) is 18.8 Å². The van der Waals surface area contributed by atoms with Gasteiger partial charge in [0.25, 0.3) is 0 Å². The molecule has 0 aliphatic carbocycles. The van der Waals surface area contributed by atoms with Crippen molar-refractivity contribution in [3.63, 3.8) is 0 Å². The molecule has 0 aliphatic rings. The summed E-state index contributed by atoms with van der Waals surface area (Å²) in [6, 6.07) is 3.48. The maximum Gasteiger partial charge on any atom is 0.128 e. The molecule has 1 rings (SSSR count). The van der Waals surface area contributed by atoms with Gasteiger partial charge >= 0.3 is 0 Å². The third-order valence-electron chi connectivity index (χ3n) is 3.58. The van der Waals surface area contributed by atoms with Gasteiger partial charge in [0.2, 0.25) is 0 Å². The third kappa shape index (κ3) is 4.03. The van der Waals surface area contributed by atoms with E-state index in [4.69, 9.17) is 4.74 Å². The van der Waals surface area contributed by atoms with Crippen LogP contribution >= 0.6 is 0 Å². The summed E-state index contributed by atoms with van der Waals surface area (Å²) in [4.78, 5) is 0. The first-order chi connectivity index (χ1) is 9.33. The molecular weight excluding hydrogens is 253 g/mol. The van der Waals surface area contributed by atoms with Crippen LogP contribution in [0.2, 0.25) is 0 Å². The van der Waals surface area contributed by atoms with Gasteiger partial charge in [-0.25, -0.2) is 4.39 Å². The van der Waals surface area contributed by atoms with Crippen molar-refractivity contribution in [1.82, 2.24) is 5.32 Å². The molecule has 1 atom stereocenters. The van der Waals surface area contributed by atoms with Crippen molar-refractivity contribution in [2.75, 3.05) is 13.2 Å². The highest BCUT2D eigenvalue weighted by Crippen LogP contribution is 2.33. The van der Waals surface area contributed by atoms with E-state index in [1.54, 1.807) is 6.07 Å². The summed E-state index contributed by atoms with van der Waals surface area (Å²) in [5, 5.41) is 3.45. The van der Waals surface area contributed by atoms with Crippen LogP contribution in [0.3, 0.4) is 0 Å². The van der Waals surface area contributed by atoms with Gasteiger partial charge in [0, 0.05) is 12.2 Å². The maximum atomic E-state index is 14.5. The molecule has 0 saturated heterocycles. The molecule has 0 heterocycles. The van der Waals surface area contributed by atoms with Gasteiger partial charge in [-0.05, 0) is 64.8 Å². The second kappa shape index (κ2) is 7.19. The molecule has 1 N–H and O–H groups in total. The monoisotopic (exact) mass is 281 g/mol. The van der Waals surface area contributed by atoms with Gasteiger partial charge < -0.3 is 10.1 Å². The Labute approximate surface area is 122 Å². The lowest BCUT2D eigenvalue weighted by Gasteiger charge is -2.36. The minimum absolute atomic E-state index is 0.149. The number of hydrogen-bond donors (Lipinski definition) is 1. The first-order valence-corrected chi connectivity index (χ1v) is 7.47. The molecule has 0 saturated carbocycles. The van der Waals surface area contributed by atoms with Gasteiger partial charge in [-0.15, -0.1) is 0 Å². The third-order valence-corrected chi connectivity index (χ3v) is 3.58. The highest BCUT2D eigenvalue weighted by molar-refractivity contribution is 5.35. The van der Waals surface area contributed by atoms with E-state index in [1.807, 2.05) is 40.7 Å². The predicted molar refractivity (Wildman–Crippen MR) is 82.6 cm³/mol. The van der Waals surface area contributed by atoms with Gasteiger partial charge in [0.15, 0.2) is 0 Å². The zero-order valence-electron chi connectivity index (χ0n) is 13.6. The Bertz CT molecular complexity index is 420. The number of aryl methyl sites for hydroxylation is 2. The van der Waals surface area contributed by atoms with Crippen molar-refractivity contribution in [1.29, 1.82) is 0 Å². The molecule has 114 valence electrons. The first kappa shape index (κ1) is 17.1. The second-order valence-corrected chi connectivity index (χ2v) is 5.90. The Morgan fingerprint density at radius 1 is 1.25 bits per heavy atom. The Balaban J connectivity index is 3.23. The van der Waals surface area contributed by atoms with Crippen molar-refractivity contribution in [3.05, 3.63) is 34.6 Å². The Hall–Kier alpha value is -0.930. The highest BCUT2D eigenvalue weighted by atomic mass is 19.1. The van der Waals surface area contributed by atoms with Crippen molar-refractivity contribution in [2.45, 2.75) is 59.6 Å². The molecular formula is C17H28FNO. The molecule has 1 aromatic rings. The van der Waals surface area contributed by atoms with E-state index in [9.17, 15) is 4.39 Å². The van der Waals surface area contributed by atoms with E-state index < -0.39 is 5.60 Å². The predicted octanol–water partition coefficient (Wildman–Crippen LogP) is 4.30. The van der Waals surface area contributed by atoms with Crippen molar-refractivity contribution in [2.24, 2.45) is 0 Å². The van der Waals surface area contributed by atoms with E-state index in [1.165, 1.54) is 0 Å². The Morgan fingerprint density at radius 3 is 2.40 bits per heavy atom. The lowest BCUT2D eigenvalue weighted by atomic mass is 9.87. The Morgan fingerprint density at radius 2 is 1.90 bits per heavy atom. The van der Waals surface area contributed by atoms with Crippen LogP contribution in [0.15, 0.2) is 12.1 Å². The van der Waals surface area contributed by atoms with Gasteiger partial charge in [0.05, 0.1) is 11.6 Å². The van der Waals surface area contributed by atoms with Crippen LogP contribution < -0.4 is 5.32 Å². The van der Waals surface area contributed by atoms with Crippen LogP contribution in [0.1, 0.15) is 56.8 Å². The molecule has 0 fully saturated rings. The van der Waals surface area contributed by atoms with Gasteiger partial charge in [0.1, 0.15) is 5.82 Å². The van der Waals surface area contributed by atoms with Crippen LogP contribution in [0.4, 0.5) is 4.39 Å². The largest absolute Gasteiger partial charge is 0.374 e. The summed E-state index contributed by atoms with van der Waals surface area (Å²) in [5.41, 5.74) is 2.20. The van der Waals surface area contributed by atoms with Gasteiger partial charge in [-0.1, -0.05) is 13.0 Å². The number of hydrogen-bond acceptors (Lipinski definition) is 2.